The normalized spacial score (nSPS) is 16.2. The van der Waals surface area contributed by atoms with Crippen molar-refractivity contribution in [1.29, 1.82) is 0 Å². The Morgan fingerprint density at radius 1 is 1.15 bits per heavy atom. The van der Waals surface area contributed by atoms with Crippen molar-refractivity contribution >= 4 is 0 Å². The lowest BCUT2D eigenvalue weighted by Gasteiger charge is -2.30. The van der Waals surface area contributed by atoms with Gasteiger partial charge in [-0.1, -0.05) is 26.0 Å². The summed E-state index contributed by atoms with van der Waals surface area (Å²) < 4.78 is 17.0. The number of methoxy groups -OCH3 is 2. The maximum absolute atomic E-state index is 10.0. The van der Waals surface area contributed by atoms with Gasteiger partial charge in [-0.3, -0.25) is 0 Å². The molecule has 27 heavy (non-hydrogen) atoms. The van der Waals surface area contributed by atoms with Crippen LogP contribution in [0.2, 0.25) is 0 Å². The van der Waals surface area contributed by atoms with Crippen LogP contribution in [0.25, 0.3) is 0 Å². The Kier molecular flexibility index (Phi) is 4.96. The molecule has 1 heterocycles. The number of allylic oxidation sites excluding steroid dienone is 1. The van der Waals surface area contributed by atoms with E-state index in [1.165, 1.54) is 6.07 Å². The molecule has 0 bridgehead atoms. The van der Waals surface area contributed by atoms with Crippen molar-refractivity contribution in [3.8, 4) is 28.7 Å². The quantitative estimate of drug-likeness (QED) is 0.607. The van der Waals surface area contributed by atoms with Gasteiger partial charge in [0.05, 0.1) is 20.8 Å². The Balaban J connectivity index is 2.07. The second-order valence-corrected chi connectivity index (χ2v) is 7.35. The molecule has 1 aliphatic rings. The summed E-state index contributed by atoms with van der Waals surface area (Å²) in [6.07, 6.45) is 2.56. The van der Waals surface area contributed by atoms with E-state index in [4.69, 9.17) is 14.2 Å². The smallest absolute Gasteiger partial charge is 0.200 e. The molecule has 0 radical (unpaired) electrons. The summed E-state index contributed by atoms with van der Waals surface area (Å²) in [4.78, 5) is 0. The second-order valence-electron chi connectivity index (χ2n) is 7.35. The summed E-state index contributed by atoms with van der Waals surface area (Å²) in [6.45, 7) is 8.50. The number of hydrogen-bond donors (Lipinski definition) is 2. The molecule has 1 aliphatic heterocycles. The first kappa shape index (κ1) is 19.0. The number of phenolic OH excluding ortho intramolecular Hbond substituents is 2. The fourth-order valence-electron chi connectivity index (χ4n) is 3.49. The Morgan fingerprint density at radius 3 is 2.48 bits per heavy atom. The van der Waals surface area contributed by atoms with Gasteiger partial charge in [0.15, 0.2) is 11.5 Å². The molecule has 0 amide bonds. The van der Waals surface area contributed by atoms with E-state index in [9.17, 15) is 10.2 Å². The largest absolute Gasteiger partial charge is 0.504 e. The molecule has 1 unspecified atom stereocenters. The molecule has 144 valence electrons. The summed E-state index contributed by atoms with van der Waals surface area (Å²) in [5.74, 6) is 1.49. The highest BCUT2D eigenvalue weighted by Gasteiger charge is 2.30. The molecule has 3 rings (SSSR count). The van der Waals surface area contributed by atoms with Gasteiger partial charge in [0.25, 0.3) is 0 Å². The number of aromatic hydroxyl groups is 2. The zero-order valence-corrected chi connectivity index (χ0v) is 16.2. The van der Waals surface area contributed by atoms with E-state index in [1.54, 1.807) is 20.3 Å². The predicted molar refractivity (Wildman–Crippen MR) is 104 cm³/mol. The summed E-state index contributed by atoms with van der Waals surface area (Å²) in [7, 11) is 3.28. The molecule has 2 aromatic carbocycles. The summed E-state index contributed by atoms with van der Waals surface area (Å²) in [6, 6.07) is 7.26. The summed E-state index contributed by atoms with van der Waals surface area (Å²) >= 11 is 0. The molecular formula is C22H26O5. The number of phenols is 2. The van der Waals surface area contributed by atoms with Crippen molar-refractivity contribution in [1.82, 2.24) is 0 Å². The van der Waals surface area contributed by atoms with Crippen LogP contribution in [0.3, 0.4) is 0 Å². The monoisotopic (exact) mass is 370 g/mol. The minimum atomic E-state index is -0.274. The zero-order chi connectivity index (χ0) is 19.8. The van der Waals surface area contributed by atoms with Gasteiger partial charge in [0.2, 0.25) is 5.75 Å². The van der Waals surface area contributed by atoms with Gasteiger partial charge < -0.3 is 24.4 Å². The molecule has 2 N–H and O–H groups in total. The lowest BCUT2D eigenvalue weighted by molar-refractivity contribution is 0.243. The molecule has 0 fully saturated rings. The first-order valence-electron chi connectivity index (χ1n) is 8.89. The van der Waals surface area contributed by atoms with Crippen LogP contribution in [0.15, 0.2) is 36.9 Å². The molecule has 0 spiro atoms. The van der Waals surface area contributed by atoms with E-state index in [0.717, 1.165) is 28.2 Å². The summed E-state index contributed by atoms with van der Waals surface area (Å²) in [5, 5.41) is 19.7. The zero-order valence-electron chi connectivity index (χ0n) is 16.2. The second kappa shape index (κ2) is 7.06. The van der Waals surface area contributed by atoms with Crippen molar-refractivity contribution in [2.75, 3.05) is 20.8 Å². The van der Waals surface area contributed by atoms with E-state index in [-0.39, 0.29) is 22.8 Å². The van der Waals surface area contributed by atoms with Crippen LogP contribution in [-0.4, -0.2) is 31.0 Å². The van der Waals surface area contributed by atoms with Gasteiger partial charge >= 0.3 is 0 Å². The molecule has 5 heteroatoms. The van der Waals surface area contributed by atoms with Gasteiger partial charge in [-0.15, -0.1) is 6.58 Å². The fourth-order valence-corrected chi connectivity index (χ4v) is 3.49. The van der Waals surface area contributed by atoms with E-state index >= 15 is 0 Å². The molecule has 0 aliphatic carbocycles. The van der Waals surface area contributed by atoms with Gasteiger partial charge in [0.1, 0.15) is 11.5 Å². The third-order valence-electron chi connectivity index (χ3n) is 5.28. The lowest BCUT2D eigenvalue weighted by Crippen LogP contribution is -2.21. The third-order valence-corrected chi connectivity index (χ3v) is 5.28. The molecule has 0 saturated carbocycles. The number of benzene rings is 2. The molecule has 2 aromatic rings. The number of rotatable bonds is 5. The number of ether oxygens (including phenoxy) is 3. The third kappa shape index (κ3) is 3.29. The molecule has 1 atom stereocenters. The van der Waals surface area contributed by atoms with Gasteiger partial charge in [-0.25, -0.2) is 0 Å². The Labute approximate surface area is 159 Å². The van der Waals surface area contributed by atoms with Crippen molar-refractivity contribution in [2.24, 2.45) is 0 Å². The van der Waals surface area contributed by atoms with Crippen LogP contribution >= 0.6 is 0 Å². The average Bonchev–Trinajstić information content (AvgIpc) is 2.69. The fraction of sp³-hybridized carbons (Fsp3) is 0.364. The van der Waals surface area contributed by atoms with Crippen molar-refractivity contribution in [2.45, 2.75) is 31.6 Å². The van der Waals surface area contributed by atoms with Gasteiger partial charge in [-0.05, 0) is 24.1 Å². The molecule has 0 saturated heterocycles. The van der Waals surface area contributed by atoms with E-state index in [0.29, 0.717) is 18.8 Å². The molecule has 0 aromatic heterocycles. The van der Waals surface area contributed by atoms with Gasteiger partial charge in [0, 0.05) is 28.5 Å². The van der Waals surface area contributed by atoms with Crippen LogP contribution in [0.4, 0.5) is 0 Å². The van der Waals surface area contributed by atoms with Crippen molar-refractivity contribution < 1.29 is 24.4 Å². The van der Waals surface area contributed by atoms with E-state index < -0.39 is 0 Å². The minimum absolute atomic E-state index is 0.0432. The highest BCUT2D eigenvalue weighted by atomic mass is 16.5. The van der Waals surface area contributed by atoms with Crippen LogP contribution in [-0.2, 0) is 11.8 Å². The van der Waals surface area contributed by atoms with Gasteiger partial charge in [-0.2, -0.15) is 0 Å². The van der Waals surface area contributed by atoms with Crippen LogP contribution < -0.4 is 14.2 Å². The minimum Gasteiger partial charge on any atom is -0.504 e. The predicted octanol–water partition coefficient (Wildman–Crippen LogP) is 4.30. The number of fused-ring (bicyclic) bond motifs is 1. The van der Waals surface area contributed by atoms with Crippen molar-refractivity contribution in [3.63, 3.8) is 0 Å². The first-order chi connectivity index (χ1) is 12.8. The lowest BCUT2D eigenvalue weighted by atomic mass is 9.80. The highest BCUT2D eigenvalue weighted by molar-refractivity contribution is 5.57. The maximum Gasteiger partial charge on any atom is 0.200 e. The molecular weight excluding hydrogens is 344 g/mol. The Morgan fingerprint density at radius 2 is 1.85 bits per heavy atom. The van der Waals surface area contributed by atoms with E-state index in [1.807, 2.05) is 12.1 Å². The van der Waals surface area contributed by atoms with Crippen LogP contribution in [0.1, 0.15) is 36.5 Å². The summed E-state index contributed by atoms with van der Waals surface area (Å²) in [5.41, 5.74) is 2.62. The van der Waals surface area contributed by atoms with E-state index in [2.05, 4.69) is 26.5 Å². The average molecular weight is 370 g/mol. The first-order valence-corrected chi connectivity index (χ1v) is 8.89. The SMILES string of the molecule is C=CC(C)(C)c1cc(C2COc3c(ccc(O)c3O)C2)c(OC)cc1OC. The Bertz CT molecular complexity index is 869. The highest BCUT2D eigenvalue weighted by Crippen LogP contribution is 2.46. The van der Waals surface area contributed by atoms with Crippen LogP contribution in [0, 0.1) is 0 Å². The Hall–Kier alpha value is -2.82. The van der Waals surface area contributed by atoms with Crippen molar-refractivity contribution in [3.05, 3.63) is 53.6 Å². The standard InChI is InChI=1S/C22H26O5/c1-6-22(2,3)16-10-15(18(25-4)11-19(16)26-5)14-9-13-7-8-17(23)20(24)21(13)27-12-14/h6-8,10-11,14,23-24H,1,9,12H2,2-5H3. The topological polar surface area (TPSA) is 68.2 Å². The van der Waals surface area contributed by atoms with Crippen LogP contribution in [0.5, 0.6) is 28.7 Å². The number of hydrogen-bond acceptors (Lipinski definition) is 5. The maximum atomic E-state index is 10.0. The molecule has 5 nitrogen and oxygen atoms in total.